The molecule has 3 heteroatoms. The zero-order valence-corrected chi connectivity index (χ0v) is 14.0. The van der Waals surface area contributed by atoms with Crippen LogP contribution in [0.5, 0.6) is 0 Å². The van der Waals surface area contributed by atoms with E-state index < -0.39 is 0 Å². The second-order valence-electron chi connectivity index (χ2n) is 5.06. The molecule has 1 heterocycles. The smallest absolute Gasteiger partial charge is 0.0705 e. The number of pyridine rings is 1. The van der Waals surface area contributed by atoms with Gasteiger partial charge in [0.15, 0.2) is 0 Å². The Morgan fingerprint density at radius 2 is 1.76 bits per heavy atom. The molecule has 0 saturated carbocycles. The standard InChI is InChI=1S/C18H17IN2/c1-20-18(15-7-3-4-8-16(15)19)12-14-11-10-13-6-2-5-9-17(13)21-14/h2-11,18,20H,12H2,1H3. The fourth-order valence-corrected chi connectivity index (χ4v) is 3.32. The minimum atomic E-state index is 0.284. The number of para-hydroxylation sites is 1. The van der Waals surface area contributed by atoms with Crippen molar-refractivity contribution < 1.29 is 0 Å². The second kappa shape index (κ2) is 6.54. The molecule has 1 N–H and O–H groups in total. The van der Waals surface area contributed by atoms with Crippen LogP contribution in [0.1, 0.15) is 17.3 Å². The highest BCUT2D eigenvalue weighted by atomic mass is 127. The quantitative estimate of drug-likeness (QED) is 0.673. The molecule has 0 aliphatic carbocycles. The molecule has 0 aliphatic rings. The number of fused-ring (bicyclic) bond motifs is 1. The molecule has 0 radical (unpaired) electrons. The predicted molar refractivity (Wildman–Crippen MR) is 96.4 cm³/mol. The van der Waals surface area contributed by atoms with Crippen molar-refractivity contribution in [2.24, 2.45) is 0 Å². The Labute approximate surface area is 138 Å². The first-order valence-corrected chi connectivity index (χ1v) is 8.12. The van der Waals surface area contributed by atoms with Gasteiger partial charge in [-0.15, -0.1) is 0 Å². The summed E-state index contributed by atoms with van der Waals surface area (Å²) in [4.78, 5) is 4.78. The number of nitrogens with zero attached hydrogens (tertiary/aromatic N) is 1. The highest BCUT2D eigenvalue weighted by Crippen LogP contribution is 2.23. The van der Waals surface area contributed by atoms with Crippen LogP contribution in [0.15, 0.2) is 60.7 Å². The van der Waals surface area contributed by atoms with Gasteiger partial charge >= 0.3 is 0 Å². The Balaban J connectivity index is 1.90. The zero-order valence-electron chi connectivity index (χ0n) is 11.9. The predicted octanol–water partition coefficient (Wildman–Crippen LogP) is 4.34. The number of benzene rings is 2. The van der Waals surface area contributed by atoms with Gasteiger partial charge in [0.2, 0.25) is 0 Å². The van der Waals surface area contributed by atoms with Crippen LogP contribution in [0.3, 0.4) is 0 Å². The molecule has 1 aromatic heterocycles. The molecular weight excluding hydrogens is 371 g/mol. The topological polar surface area (TPSA) is 24.9 Å². The molecule has 2 nitrogen and oxygen atoms in total. The molecule has 3 rings (SSSR count). The Bertz CT molecular complexity index is 755. The maximum absolute atomic E-state index is 4.78. The summed E-state index contributed by atoms with van der Waals surface area (Å²) in [6.45, 7) is 0. The van der Waals surface area contributed by atoms with Crippen LogP contribution in [0, 0.1) is 3.57 Å². The molecular formula is C18H17IN2. The number of hydrogen-bond donors (Lipinski definition) is 1. The van der Waals surface area contributed by atoms with E-state index in [-0.39, 0.29) is 6.04 Å². The summed E-state index contributed by atoms with van der Waals surface area (Å²) in [6.07, 6.45) is 0.890. The van der Waals surface area contributed by atoms with E-state index in [1.807, 2.05) is 19.2 Å². The van der Waals surface area contributed by atoms with Crippen LogP contribution in [-0.2, 0) is 6.42 Å². The van der Waals surface area contributed by atoms with Gasteiger partial charge in [0, 0.05) is 27.1 Å². The van der Waals surface area contributed by atoms with E-state index in [0.29, 0.717) is 0 Å². The van der Waals surface area contributed by atoms with Gasteiger partial charge in [-0.2, -0.15) is 0 Å². The Hall–Kier alpha value is -1.46. The average molecular weight is 388 g/mol. The van der Waals surface area contributed by atoms with E-state index in [2.05, 4.69) is 76.4 Å². The van der Waals surface area contributed by atoms with Crippen molar-refractivity contribution in [2.45, 2.75) is 12.5 Å². The third-order valence-electron chi connectivity index (χ3n) is 3.70. The van der Waals surface area contributed by atoms with Crippen LogP contribution < -0.4 is 5.32 Å². The first-order chi connectivity index (χ1) is 10.3. The maximum Gasteiger partial charge on any atom is 0.0705 e. The summed E-state index contributed by atoms with van der Waals surface area (Å²) in [5.41, 5.74) is 3.51. The lowest BCUT2D eigenvalue weighted by Crippen LogP contribution is -2.20. The maximum atomic E-state index is 4.78. The number of likely N-dealkylation sites (N-methyl/N-ethyl adjacent to an activating group) is 1. The minimum Gasteiger partial charge on any atom is -0.313 e. The van der Waals surface area contributed by atoms with E-state index in [1.54, 1.807) is 0 Å². The number of nitrogens with one attached hydrogen (secondary N) is 1. The minimum absolute atomic E-state index is 0.284. The van der Waals surface area contributed by atoms with Crippen molar-refractivity contribution in [3.05, 3.63) is 75.5 Å². The SMILES string of the molecule is CNC(Cc1ccc2ccccc2n1)c1ccccc1I. The summed E-state index contributed by atoms with van der Waals surface area (Å²) >= 11 is 2.40. The van der Waals surface area contributed by atoms with Crippen LogP contribution in [0.2, 0.25) is 0 Å². The summed E-state index contributed by atoms with van der Waals surface area (Å²) in [5, 5.41) is 4.60. The van der Waals surface area contributed by atoms with Gasteiger partial charge in [-0.3, -0.25) is 4.98 Å². The van der Waals surface area contributed by atoms with Crippen molar-refractivity contribution >= 4 is 33.5 Å². The first-order valence-electron chi connectivity index (χ1n) is 7.04. The van der Waals surface area contributed by atoms with Gasteiger partial charge in [-0.1, -0.05) is 42.5 Å². The first kappa shape index (κ1) is 14.5. The summed E-state index contributed by atoms with van der Waals surface area (Å²) < 4.78 is 1.29. The molecule has 106 valence electrons. The number of rotatable bonds is 4. The normalized spacial score (nSPS) is 12.5. The van der Waals surface area contributed by atoms with Crippen molar-refractivity contribution in [1.82, 2.24) is 10.3 Å². The van der Waals surface area contributed by atoms with E-state index in [9.17, 15) is 0 Å². The fraction of sp³-hybridized carbons (Fsp3) is 0.167. The van der Waals surface area contributed by atoms with Crippen molar-refractivity contribution in [3.63, 3.8) is 0 Å². The summed E-state index contributed by atoms with van der Waals surface area (Å²) in [5.74, 6) is 0. The molecule has 21 heavy (non-hydrogen) atoms. The Morgan fingerprint density at radius 1 is 1.00 bits per heavy atom. The summed E-state index contributed by atoms with van der Waals surface area (Å²) in [7, 11) is 2.01. The number of aromatic nitrogens is 1. The van der Waals surface area contributed by atoms with Gasteiger partial charge in [0.05, 0.1) is 5.52 Å². The van der Waals surface area contributed by atoms with Crippen LogP contribution in [-0.4, -0.2) is 12.0 Å². The molecule has 0 amide bonds. The molecule has 0 aliphatic heterocycles. The summed E-state index contributed by atoms with van der Waals surface area (Å²) in [6, 6.07) is 21.3. The van der Waals surface area contributed by atoms with Gasteiger partial charge in [-0.05, 0) is 53.4 Å². The van der Waals surface area contributed by atoms with E-state index in [1.165, 1.54) is 14.5 Å². The Kier molecular flexibility index (Phi) is 4.51. The molecule has 3 aromatic rings. The second-order valence-corrected chi connectivity index (χ2v) is 6.22. The third-order valence-corrected chi connectivity index (χ3v) is 4.68. The Morgan fingerprint density at radius 3 is 2.57 bits per heavy atom. The zero-order chi connectivity index (χ0) is 14.7. The number of hydrogen-bond acceptors (Lipinski definition) is 2. The lowest BCUT2D eigenvalue weighted by atomic mass is 10.0. The van der Waals surface area contributed by atoms with E-state index >= 15 is 0 Å². The van der Waals surface area contributed by atoms with Gasteiger partial charge in [0.1, 0.15) is 0 Å². The average Bonchev–Trinajstić information content (AvgIpc) is 2.53. The molecule has 0 fully saturated rings. The highest BCUT2D eigenvalue weighted by molar-refractivity contribution is 14.1. The lowest BCUT2D eigenvalue weighted by Gasteiger charge is -2.18. The van der Waals surface area contributed by atoms with Crippen molar-refractivity contribution in [2.75, 3.05) is 7.05 Å². The highest BCUT2D eigenvalue weighted by Gasteiger charge is 2.13. The monoisotopic (exact) mass is 388 g/mol. The van der Waals surface area contributed by atoms with Crippen LogP contribution >= 0.6 is 22.6 Å². The van der Waals surface area contributed by atoms with Gasteiger partial charge < -0.3 is 5.32 Å². The molecule has 0 saturated heterocycles. The molecule has 1 atom stereocenters. The third kappa shape index (κ3) is 3.24. The molecule has 0 spiro atoms. The number of halogens is 1. The lowest BCUT2D eigenvalue weighted by molar-refractivity contribution is 0.583. The van der Waals surface area contributed by atoms with Crippen molar-refractivity contribution in [1.29, 1.82) is 0 Å². The van der Waals surface area contributed by atoms with Crippen LogP contribution in [0.4, 0.5) is 0 Å². The van der Waals surface area contributed by atoms with Gasteiger partial charge in [0.25, 0.3) is 0 Å². The molecule has 1 unspecified atom stereocenters. The van der Waals surface area contributed by atoms with E-state index in [0.717, 1.165) is 17.6 Å². The van der Waals surface area contributed by atoms with Crippen LogP contribution in [0.25, 0.3) is 10.9 Å². The largest absolute Gasteiger partial charge is 0.313 e. The fourth-order valence-electron chi connectivity index (χ4n) is 2.56. The molecule has 2 aromatic carbocycles. The van der Waals surface area contributed by atoms with E-state index in [4.69, 9.17) is 4.98 Å². The molecule has 0 bridgehead atoms. The van der Waals surface area contributed by atoms with Crippen molar-refractivity contribution in [3.8, 4) is 0 Å². The van der Waals surface area contributed by atoms with Gasteiger partial charge in [-0.25, -0.2) is 0 Å².